The Balaban J connectivity index is 1.57. The van der Waals surface area contributed by atoms with Crippen molar-refractivity contribution >= 4 is 57.3 Å². The lowest BCUT2D eigenvalue weighted by Gasteiger charge is -2.23. The van der Waals surface area contributed by atoms with Crippen molar-refractivity contribution in [2.45, 2.75) is 39.3 Å². The summed E-state index contributed by atoms with van der Waals surface area (Å²) in [6, 6.07) is 14.0. The summed E-state index contributed by atoms with van der Waals surface area (Å²) in [5, 5.41) is 18.8. The van der Waals surface area contributed by atoms with Gasteiger partial charge < -0.3 is 20.0 Å². The molecule has 0 atom stereocenters. The van der Waals surface area contributed by atoms with Gasteiger partial charge in [-0.3, -0.25) is 0 Å². The average molecular weight is 753 g/mol. The molecule has 4 aromatic rings. The topological polar surface area (TPSA) is 55.8 Å². The van der Waals surface area contributed by atoms with Crippen LogP contribution in [0.15, 0.2) is 90.8 Å². The normalized spacial score (nSPS) is 15.1. The predicted octanol–water partition coefficient (Wildman–Crippen LogP) is 9.12. The maximum absolute atomic E-state index is 13.7. The predicted molar refractivity (Wildman–Crippen MR) is 189 cm³/mol. The number of aryl methyl sites for hydroxylation is 1. The van der Waals surface area contributed by atoms with Gasteiger partial charge in [-0.15, -0.1) is 0 Å². The fraction of sp³-hybridized carbons (Fsp3) is 0.270. The van der Waals surface area contributed by atoms with Crippen molar-refractivity contribution in [2.24, 2.45) is 0 Å². The molecule has 1 aromatic heterocycles. The lowest BCUT2D eigenvalue weighted by atomic mass is 10.0. The monoisotopic (exact) mass is 751 g/mol. The number of hydrogen-bond acceptors (Lipinski definition) is 4. The second-order valence-electron chi connectivity index (χ2n) is 11.5. The number of aromatic nitrogens is 2. The molecule has 0 aliphatic carbocycles. The van der Waals surface area contributed by atoms with Gasteiger partial charge in [-0.25, -0.2) is 9.13 Å². The smallest absolute Gasteiger partial charge is 0.395 e. The summed E-state index contributed by atoms with van der Waals surface area (Å²) in [4.78, 5) is 3.42. The summed E-state index contributed by atoms with van der Waals surface area (Å²) in [7, 11) is 0. The minimum atomic E-state index is -4.66. The van der Waals surface area contributed by atoms with Crippen LogP contribution in [0.1, 0.15) is 36.4 Å². The third kappa shape index (κ3) is 7.84. The molecular formula is C37H35Cl2F6N4O2+. The number of β-amino-alcohol motifs (C(OH)–C–C–N with tert-alkyl or cyclic N) is 1. The van der Waals surface area contributed by atoms with E-state index in [1.54, 1.807) is 33.8 Å². The van der Waals surface area contributed by atoms with E-state index >= 15 is 0 Å². The molecule has 1 aliphatic heterocycles. The molecule has 0 fully saturated rings. The van der Waals surface area contributed by atoms with Crippen LogP contribution in [0.2, 0.25) is 10.0 Å². The highest BCUT2D eigenvalue weighted by Gasteiger charge is 2.39. The van der Waals surface area contributed by atoms with Crippen molar-refractivity contribution < 1.29 is 41.1 Å². The molecule has 0 bridgehead atoms. The van der Waals surface area contributed by atoms with E-state index in [0.29, 0.717) is 35.9 Å². The Labute approximate surface area is 301 Å². The molecule has 2 N–H and O–H groups in total. The van der Waals surface area contributed by atoms with Crippen molar-refractivity contribution in [3.8, 4) is 0 Å². The number of hydrogen-bond donors (Lipinski definition) is 2. The van der Waals surface area contributed by atoms with Crippen LogP contribution in [0.5, 0.6) is 0 Å². The molecule has 14 heteroatoms. The van der Waals surface area contributed by atoms with Crippen molar-refractivity contribution in [3.05, 3.63) is 123 Å². The number of nitrogens with zero attached hydrogens (tertiary/aromatic N) is 4. The van der Waals surface area contributed by atoms with E-state index in [0.717, 1.165) is 23.3 Å². The van der Waals surface area contributed by atoms with Gasteiger partial charge in [0.05, 0.1) is 52.3 Å². The minimum absolute atomic E-state index is 0.0428. The van der Waals surface area contributed by atoms with Gasteiger partial charge in [0.1, 0.15) is 12.4 Å². The fourth-order valence-electron chi connectivity index (χ4n) is 6.24. The number of alkyl halides is 6. The van der Waals surface area contributed by atoms with Crippen LogP contribution in [0.3, 0.4) is 0 Å². The highest BCUT2D eigenvalue weighted by Crippen LogP contribution is 2.47. The highest BCUT2D eigenvalue weighted by atomic mass is 35.5. The molecule has 0 saturated carbocycles. The fourth-order valence-corrected chi connectivity index (χ4v) is 6.77. The molecule has 270 valence electrons. The van der Waals surface area contributed by atoms with Crippen molar-refractivity contribution in [1.29, 1.82) is 0 Å². The molecular weight excluding hydrogens is 717 g/mol. The Morgan fingerprint density at radius 2 is 1.45 bits per heavy atom. The zero-order valence-corrected chi connectivity index (χ0v) is 29.1. The van der Waals surface area contributed by atoms with Gasteiger partial charge >= 0.3 is 12.4 Å². The number of allylic oxidation sites excluding steroid dienone is 6. The number of rotatable bonds is 11. The maximum Gasteiger partial charge on any atom is 0.418 e. The molecule has 5 rings (SSSR count). The summed E-state index contributed by atoms with van der Waals surface area (Å²) in [5.74, 6) is 1.09. The molecule has 51 heavy (non-hydrogen) atoms. The number of anilines is 2. The molecule has 0 unspecified atom stereocenters. The van der Waals surface area contributed by atoms with Crippen LogP contribution in [0.4, 0.5) is 37.7 Å². The second-order valence-corrected chi connectivity index (χ2v) is 12.3. The first-order chi connectivity index (χ1) is 24.2. The van der Waals surface area contributed by atoms with Crippen LogP contribution >= 0.6 is 23.2 Å². The van der Waals surface area contributed by atoms with Gasteiger partial charge in [-0.05, 0) is 43.2 Å². The molecule has 6 nitrogen and oxygen atoms in total. The minimum Gasteiger partial charge on any atom is -0.395 e. The van der Waals surface area contributed by atoms with E-state index in [9.17, 15) is 36.6 Å². The second kappa shape index (κ2) is 15.6. The van der Waals surface area contributed by atoms with Crippen LogP contribution in [0.25, 0.3) is 22.7 Å². The largest absolute Gasteiger partial charge is 0.418 e. The van der Waals surface area contributed by atoms with E-state index in [4.69, 9.17) is 23.2 Å². The van der Waals surface area contributed by atoms with E-state index in [-0.39, 0.29) is 37.5 Å². The average Bonchev–Trinajstić information content (AvgIpc) is 3.52. The zero-order chi connectivity index (χ0) is 37.1. The Morgan fingerprint density at radius 3 is 2.06 bits per heavy atom. The molecule has 1 aliphatic rings. The van der Waals surface area contributed by atoms with Gasteiger partial charge in [-0.2, -0.15) is 26.3 Å². The van der Waals surface area contributed by atoms with Crippen molar-refractivity contribution in [3.63, 3.8) is 0 Å². The van der Waals surface area contributed by atoms with Gasteiger partial charge in [0.15, 0.2) is 11.0 Å². The highest BCUT2D eigenvalue weighted by molar-refractivity contribution is 6.32. The van der Waals surface area contributed by atoms with Crippen LogP contribution in [0, 0.1) is 0 Å². The summed E-state index contributed by atoms with van der Waals surface area (Å²) < 4.78 is 85.8. The summed E-state index contributed by atoms with van der Waals surface area (Å²) >= 11 is 12.1. The third-order valence-electron chi connectivity index (χ3n) is 8.44. The Bertz CT molecular complexity index is 2020. The van der Waals surface area contributed by atoms with Gasteiger partial charge in [-0.1, -0.05) is 77.8 Å². The molecule has 3 aromatic carbocycles. The Hall–Kier alpha value is -4.23. The number of imidazole rings is 1. The van der Waals surface area contributed by atoms with Gasteiger partial charge in [0.2, 0.25) is 0 Å². The number of aliphatic hydroxyl groups excluding tert-OH is 2. The van der Waals surface area contributed by atoms with Crippen LogP contribution < -0.4 is 14.4 Å². The van der Waals surface area contributed by atoms with Gasteiger partial charge in [0, 0.05) is 31.3 Å². The molecule has 0 radical (unpaired) electrons. The first-order valence-electron chi connectivity index (χ1n) is 16.1. The number of benzene rings is 3. The van der Waals surface area contributed by atoms with E-state index < -0.39 is 33.5 Å². The first kappa shape index (κ1) is 38.0. The Morgan fingerprint density at radius 1 is 0.804 bits per heavy atom. The molecule has 2 heterocycles. The van der Waals surface area contributed by atoms with Crippen molar-refractivity contribution in [1.82, 2.24) is 4.57 Å². The lowest BCUT2D eigenvalue weighted by Crippen LogP contribution is -2.38. The number of fused-ring (bicyclic) bond motifs is 2. The maximum atomic E-state index is 13.7. The summed E-state index contributed by atoms with van der Waals surface area (Å²) in [5.41, 5.74) is 1.16. The number of aliphatic hydroxyl groups is 2. The molecule has 0 spiro atoms. The van der Waals surface area contributed by atoms with E-state index in [2.05, 4.69) is 0 Å². The Kier molecular flexibility index (Phi) is 11.6. The van der Waals surface area contributed by atoms with Crippen LogP contribution in [-0.2, 0) is 25.4 Å². The first-order valence-corrected chi connectivity index (χ1v) is 16.8. The van der Waals surface area contributed by atoms with Gasteiger partial charge in [0.25, 0.3) is 5.82 Å². The van der Waals surface area contributed by atoms with E-state index in [1.807, 2.05) is 65.8 Å². The lowest BCUT2D eigenvalue weighted by molar-refractivity contribution is -0.675. The molecule has 0 amide bonds. The molecule has 0 saturated heterocycles. The summed E-state index contributed by atoms with van der Waals surface area (Å²) in [6.45, 7) is 4.00. The zero-order valence-electron chi connectivity index (χ0n) is 27.6. The third-order valence-corrected chi connectivity index (χ3v) is 9.06. The standard InChI is InChI=1S/C37H35Cl2F6N4O2/c1-3-46-32-22-28(38)26(36(40,41)42)20-30(32)48(16-18-50)34(46)14-8-12-25(24-10-6-5-7-11-24)13-9-15-35-47(4-2)33-23-29(39)27(37(43,44)45)21-31(33)49(35)17-19-51/h5-15,20-23,50-51H,3-4,16-19H2,1-2H3/q+1. The van der Waals surface area contributed by atoms with E-state index in [1.165, 1.54) is 12.1 Å². The van der Waals surface area contributed by atoms with Crippen LogP contribution in [-0.4, -0.2) is 41.1 Å². The summed E-state index contributed by atoms with van der Waals surface area (Å²) in [6.07, 6.45) is 1.31. The number of halogens is 8. The SMILES string of the molecule is CCN1\C(=C/C=C/C(=C/C=C/c2n(CC)c3cc(Cl)c(C(F)(F)F)cc3[n+]2CCO)c2ccccc2)N(CCO)c2cc(C(F)(F)F)c(Cl)cc21. The quantitative estimate of drug-likeness (QED) is 0.0913. The van der Waals surface area contributed by atoms with Crippen molar-refractivity contribution in [2.75, 3.05) is 36.1 Å².